The minimum atomic E-state index is -0.710. The van der Waals surface area contributed by atoms with Gasteiger partial charge in [0.2, 0.25) is 0 Å². The summed E-state index contributed by atoms with van der Waals surface area (Å²) in [5, 5.41) is 9.44. The molecule has 0 saturated carbocycles. The van der Waals surface area contributed by atoms with Crippen molar-refractivity contribution >= 4 is 0 Å². The van der Waals surface area contributed by atoms with E-state index < -0.39 is 5.60 Å². The quantitative estimate of drug-likeness (QED) is 0.640. The van der Waals surface area contributed by atoms with Gasteiger partial charge in [0.25, 0.3) is 0 Å². The van der Waals surface area contributed by atoms with Gasteiger partial charge >= 0.3 is 0 Å². The monoisotopic (exact) mass is 168 g/mol. The van der Waals surface area contributed by atoms with Crippen LogP contribution >= 0.6 is 0 Å². The van der Waals surface area contributed by atoms with Gasteiger partial charge in [0.15, 0.2) is 0 Å². The second-order valence-electron chi connectivity index (χ2n) is 4.47. The molecule has 0 bridgehead atoms. The van der Waals surface area contributed by atoms with E-state index in [-0.39, 0.29) is 5.41 Å². The van der Waals surface area contributed by atoms with Gasteiger partial charge in [-0.05, 0) is 25.7 Å². The van der Waals surface area contributed by atoms with Crippen molar-refractivity contribution in [3.8, 4) is 0 Å². The summed E-state index contributed by atoms with van der Waals surface area (Å²) in [5.41, 5.74) is -0.611. The lowest BCUT2D eigenvalue weighted by Crippen LogP contribution is -2.16. The molecule has 70 valence electrons. The summed E-state index contributed by atoms with van der Waals surface area (Å²) in [7, 11) is 0. The van der Waals surface area contributed by atoms with Gasteiger partial charge in [0, 0.05) is 0 Å². The molecule has 0 radical (unpaired) electrons. The van der Waals surface area contributed by atoms with Crippen molar-refractivity contribution in [1.82, 2.24) is 0 Å². The second kappa shape index (κ2) is 3.90. The highest BCUT2D eigenvalue weighted by Crippen LogP contribution is 2.23. The Morgan fingerprint density at radius 3 is 2.00 bits per heavy atom. The minimum Gasteiger partial charge on any atom is -0.386 e. The van der Waals surface area contributed by atoms with Gasteiger partial charge in [-0.3, -0.25) is 0 Å². The number of hydrogen-bond donors (Lipinski definition) is 1. The third kappa shape index (κ3) is 6.17. The second-order valence-corrected chi connectivity index (χ2v) is 4.47. The first-order chi connectivity index (χ1) is 5.27. The zero-order chi connectivity index (χ0) is 9.83. The number of aliphatic hydroxyl groups is 1. The number of hydrogen-bond acceptors (Lipinski definition) is 1. The van der Waals surface area contributed by atoms with E-state index in [9.17, 15) is 5.11 Å². The average Bonchev–Trinajstić information content (AvgIpc) is 1.83. The molecule has 0 spiro atoms. The highest BCUT2D eigenvalue weighted by atomic mass is 16.3. The molecule has 0 aliphatic carbocycles. The fraction of sp³-hybridized carbons (Fsp3) is 0.636. The Bertz CT molecular complexity index is 170. The molecule has 0 aromatic heterocycles. The van der Waals surface area contributed by atoms with Crippen LogP contribution in [0.25, 0.3) is 0 Å². The Morgan fingerprint density at radius 2 is 1.67 bits per heavy atom. The molecular weight excluding hydrogens is 148 g/mol. The first-order valence-electron chi connectivity index (χ1n) is 4.30. The normalized spacial score (nSPS) is 13.8. The molecule has 1 N–H and O–H groups in total. The third-order valence-corrected chi connectivity index (χ3v) is 1.61. The Hall–Kier alpha value is -0.560. The lowest BCUT2D eigenvalue weighted by molar-refractivity contribution is 0.132. The largest absolute Gasteiger partial charge is 0.386 e. The first-order valence-corrected chi connectivity index (χ1v) is 4.30. The topological polar surface area (TPSA) is 20.2 Å². The Kier molecular flexibility index (Phi) is 3.72. The maximum Gasteiger partial charge on any atom is 0.0771 e. The van der Waals surface area contributed by atoms with Crippen LogP contribution in [-0.2, 0) is 0 Å². The van der Waals surface area contributed by atoms with Crippen LogP contribution in [0.3, 0.4) is 0 Å². The third-order valence-electron chi connectivity index (χ3n) is 1.61. The Labute approximate surface area is 75.8 Å². The molecule has 0 fully saturated rings. The molecule has 0 rings (SSSR count). The minimum absolute atomic E-state index is 0.0990. The van der Waals surface area contributed by atoms with Gasteiger partial charge in [-0.2, -0.15) is 0 Å². The summed E-state index contributed by atoms with van der Waals surface area (Å²) in [4.78, 5) is 0. The van der Waals surface area contributed by atoms with E-state index in [1.165, 1.54) is 0 Å². The molecule has 0 aliphatic rings. The van der Waals surface area contributed by atoms with Crippen molar-refractivity contribution in [3.63, 3.8) is 0 Å². The molecule has 0 amide bonds. The van der Waals surface area contributed by atoms with E-state index >= 15 is 0 Å². The smallest absolute Gasteiger partial charge is 0.0771 e. The van der Waals surface area contributed by atoms with Crippen LogP contribution in [0, 0.1) is 5.41 Å². The molecule has 0 atom stereocenters. The number of rotatable bonds is 4. The zero-order valence-corrected chi connectivity index (χ0v) is 8.59. The summed E-state index contributed by atoms with van der Waals surface area (Å²) in [6.45, 7) is 11.5. The van der Waals surface area contributed by atoms with Gasteiger partial charge in [-0.25, -0.2) is 0 Å². The molecule has 12 heavy (non-hydrogen) atoms. The molecule has 0 heterocycles. The van der Waals surface area contributed by atoms with Crippen molar-refractivity contribution < 1.29 is 5.11 Å². The van der Waals surface area contributed by atoms with E-state index in [1.807, 2.05) is 18.2 Å². The molecule has 0 saturated heterocycles. The van der Waals surface area contributed by atoms with E-state index in [1.54, 1.807) is 13.8 Å². The number of allylic oxidation sites excluding steroid dienone is 2. The van der Waals surface area contributed by atoms with Crippen LogP contribution < -0.4 is 0 Å². The molecule has 1 heteroatoms. The fourth-order valence-corrected chi connectivity index (χ4v) is 0.870. The highest BCUT2D eigenvalue weighted by molar-refractivity contribution is 5.03. The van der Waals surface area contributed by atoms with Crippen molar-refractivity contribution in [2.75, 3.05) is 0 Å². The fourth-order valence-electron chi connectivity index (χ4n) is 0.870. The van der Waals surface area contributed by atoms with Gasteiger partial charge in [0.05, 0.1) is 5.60 Å². The van der Waals surface area contributed by atoms with Crippen LogP contribution in [0.1, 0.15) is 34.1 Å². The molecule has 0 aliphatic heterocycles. The van der Waals surface area contributed by atoms with Crippen LogP contribution in [0.2, 0.25) is 0 Å². The van der Waals surface area contributed by atoms with Crippen molar-refractivity contribution in [2.45, 2.75) is 39.7 Å². The Balaban J connectivity index is 4.22. The maximum atomic E-state index is 9.44. The highest BCUT2D eigenvalue weighted by Gasteiger charge is 2.14. The van der Waals surface area contributed by atoms with Crippen LogP contribution in [0.15, 0.2) is 24.8 Å². The average molecular weight is 168 g/mol. The Morgan fingerprint density at radius 1 is 1.17 bits per heavy atom. The predicted octanol–water partition coefficient (Wildman–Crippen LogP) is 2.92. The lowest BCUT2D eigenvalue weighted by Gasteiger charge is -2.20. The molecule has 0 unspecified atom stereocenters. The predicted molar refractivity (Wildman–Crippen MR) is 54.0 cm³/mol. The van der Waals surface area contributed by atoms with Gasteiger partial charge in [0.1, 0.15) is 0 Å². The molecule has 0 aromatic rings. The zero-order valence-electron chi connectivity index (χ0n) is 8.59. The first kappa shape index (κ1) is 11.4. The van der Waals surface area contributed by atoms with E-state index in [0.717, 1.165) is 6.42 Å². The summed E-state index contributed by atoms with van der Waals surface area (Å²) in [6.07, 6.45) is 6.69. The lowest BCUT2D eigenvalue weighted by atomic mass is 9.87. The standard InChI is InChI=1S/C11H20O/c1-6-7-10(2,3)8-9-11(4,5)12/h6,8-9,12H,1,7H2,2-5H3. The van der Waals surface area contributed by atoms with Crippen LogP contribution in [0.4, 0.5) is 0 Å². The summed E-state index contributed by atoms with van der Waals surface area (Å²) in [6, 6.07) is 0. The van der Waals surface area contributed by atoms with Gasteiger partial charge in [-0.15, -0.1) is 6.58 Å². The maximum absolute atomic E-state index is 9.44. The van der Waals surface area contributed by atoms with Crippen molar-refractivity contribution in [2.24, 2.45) is 5.41 Å². The van der Waals surface area contributed by atoms with E-state index in [4.69, 9.17) is 0 Å². The van der Waals surface area contributed by atoms with Gasteiger partial charge in [-0.1, -0.05) is 32.1 Å². The van der Waals surface area contributed by atoms with Crippen LogP contribution in [-0.4, -0.2) is 10.7 Å². The summed E-state index contributed by atoms with van der Waals surface area (Å²) < 4.78 is 0. The SMILES string of the molecule is C=CCC(C)(C)C=CC(C)(C)O. The van der Waals surface area contributed by atoms with E-state index in [0.29, 0.717) is 0 Å². The van der Waals surface area contributed by atoms with E-state index in [2.05, 4.69) is 20.4 Å². The summed E-state index contributed by atoms with van der Waals surface area (Å²) in [5.74, 6) is 0. The van der Waals surface area contributed by atoms with Crippen molar-refractivity contribution in [3.05, 3.63) is 24.8 Å². The summed E-state index contributed by atoms with van der Waals surface area (Å²) >= 11 is 0. The van der Waals surface area contributed by atoms with Crippen LogP contribution in [0.5, 0.6) is 0 Å². The molecule has 1 nitrogen and oxygen atoms in total. The van der Waals surface area contributed by atoms with Gasteiger partial charge < -0.3 is 5.11 Å². The molecular formula is C11H20O. The van der Waals surface area contributed by atoms with Crippen molar-refractivity contribution in [1.29, 1.82) is 0 Å². The molecule has 0 aromatic carbocycles.